The van der Waals surface area contributed by atoms with Crippen molar-refractivity contribution < 1.29 is 9.53 Å². The van der Waals surface area contributed by atoms with E-state index in [1.807, 2.05) is 6.07 Å². The second kappa shape index (κ2) is 5.64. The number of anilines is 1. The molecule has 2 N–H and O–H groups in total. The van der Waals surface area contributed by atoms with Crippen molar-refractivity contribution in [1.82, 2.24) is 9.89 Å². The van der Waals surface area contributed by atoms with Gasteiger partial charge in [0, 0.05) is 10.6 Å². The molecule has 0 unspecified atom stereocenters. The summed E-state index contributed by atoms with van der Waals surface area (Å²) in [6.45, 7) is 2.39. The van der Waals surface area contributed by atoms with Gasteiger partial charge in [-0.2, -0.15) is 10.2 Å². The summed E-state index contributed by atoms with van der Waals surface area (Å²) < 4.78 is 4.92. The van der Waals surface area contributed by atoms with E-state index in [0.29, 0.717) is 17.3 Å². The van der Waals surface area contributed by atoms with Gasteiger partial charge in [0.1, 0.15) is 5.56 Å². The van der Waals surface area contributed by atoms with Gasteiger partial charge in [0.25, 0.3) is 0 Å². The van der Waals surface area contributed by atoms with Gasteiger partial charge in [-0.25, -0.2) is 4.79 Å². The molecule has 0 atom stereocenters. The Hall–Kier alpha value is -2.61. The number of carbonyl (C=O) groups is 1. The summed E-state index contributed by atoms with van der Waals surface area (Å²) in [5, 5.41) is 14.2. The fraction of sp³-hybridized carbons (Fsp3) is 0.231. The molecule has 2 heterocycles. The molecule has 1 aromatic carbocycles. The van der Waals surface area contributed by atoms with Crippen molar-refractivity contribution in [2.45, 2.75) is 13.5 Å². The van der Waals surface area contributed by atoms with Gasteiger partial charge >= 0.3 is 5.97 Å². The molecule has 9 heteroatoms. The number of aromatic nitrogens is 2. The molecule has 0 radical (unpaired) electrons. The van der Waals surface area contributed by atoms with Gasteiger partial charge in [-0.05, 0) is 24.3 Å². The van der Waals surface area contributed by atoms with E-state index < -0.39 is 5.97 Å². The maximum absolute atomic E-state index is 11.8. The van der Waals surface area contributed by atoms with Crippen molar-refractivity contribution in [3.05, 3.63) is 40.5 Å². The summed E-state index contributed by atoms with van der Waals surface area (Å²) in [6.07, 6.45) is 1.35. The SMILES string of the molecule is CCOC(=O)c1cnn(N2Cc3ccc(Cl)cc3N=N2)c1N. The van der Waals surface area contributed by atoms with Gasteiger partial charge in [-0.3, -0.25) is 0 Å². The van der Waals surface area contributed by atoms with Crippen LogP contribution in [0, 0.1) is 0 Å². The first-order valence-electron chi connectivity index (χ1n) is 6.58. The molecule has 8 nitrogen and oxygen atoms in total. The number of halogens is 1. The Morgan fingerprint density at radius 1 is 1.50 bits per heavy atom. The van der Waals surface area contributed by atoms with Crippen LogP contribution in [0.3, 0.4) is 0 Å². The number of hydrogen-bond donors (Lipinski definition) is 1. The van der Waals surface area contributed by atoms with E-state index in [0.717, 1.165) is 5.56 Å². The number of carbonyl (C=O) groups excluding carboxylic acids is 1. The van der Waals surface area contributed by atoms with Gasteiger partial charge in [0.15, 0.2) is 5.82 Å². The molecule has 1 aliphatic rings. The van der Waals surface area contributed by atoms with Crippen molar-refractivity contribution in [2.75, 3.05) is 17.5 Å². The zero-order valence-corrected chi connectivity index (χ0v) is 12.5. The Kier molecular flexibility index (Phi) is 3.68. The third kappa shape index (κ3) is 2.48. The number of esters is 1. The predicted molar refractivity (Wildman–Crippen MR) is 80.5 cm³/mol. The van der Waals surface area contributed by atoms with Crippen LogP contribution in [0.1, 0.15) is 22.8 Å². The highest BCUT2D eigenvalue weighted by atomic mass is 35.5. The van der Waals surface area contributed by atoms with Crippen LogP contribution >= 0.6 is 11.6 Å². The fourth-order valence-corrected chi connectivity index (χ4v) is 2.22. The Morgan fingerprint density at radius 2 is 2.32 bits per heavy atom. The van der Waals surface area contributed by atoms with E-state index >= 15 is 0 Å². The summed E-state index contributed by atoms with van der Waals surface area (Å²) in [6, 6.07) is 5.36. The monoisotopic (exact) mass is 320 g/mol. The van der Waals surface area contributed by atoms with Crippen LogP contribution in [-0.4, -0.2) is 22.5 Å². The minimum Gasteiger partial charge on any atom is -0.462 e. The molecule has 0 spiro atoms. The lowest BCUT2D eigenvalue weighted by Crippen LogP contribution is -2.32. The van der Waals surface area contributed by atoms with Crippen molar-refractivity contribution in [1.29, 1.82) is 0 Å². The van der Waals surface area contributed by atoms with Crippen LogP contribution in [0.25, 0.3) is 0 Å². The van der Waals surface area contributed by atoms with E-state index in [1.165, 1.54) is 16.1 Å². The minimum absolute atomic E-state index is 0.148. The van der Waals surface area contributed by atoms with Crippen molar-refractivity contribution in [2.24, 2.45) is 10.3 Å². The molecule has 22 heavy (non-hydrogen) atoms. The summed E-state index contributed by atoms with van der Waals surface area (Å²) in [7, 11) is 0. The Labute approximate surface area is 131 Å². The topological polar surface area (TPSA) is 98.1 Å². The van der Waals surface area contributed by atoms with Crippen LogP contribution < -0.4 is 10.9 Å². The Balaban J connectivity index is 1.88. The number of benzene rings is 1. The molecule has 1 aromatic heterocycles. The Bertz CT molecular complexity index is 757. The van der Waals surface area contributed by atoms with Gasteiger partial charge in [-0.1, -0.05) is 17.7 Å². The number of ether oxygens (including phenoxy) is 1. The molecule has 2 aromatic rings. The third-order valence-corrected chi connectivity index (χ3v) is 3.35. The molecule has 0 bridgehead atoms. The molecular weight excluding hydrogens is 308 g/mol. The van der Waals surface area contributed by atoms with E-state index in [4.69, 9.17) is 22.1 Å². The first-order chi connectivity index (χ1) is 10.6. The van der Waals surface area contributed by atoms with Crippen LogP contribution in [0.2, 0.25) is 5.02 Å². The lowest BCUT2D eigenvalue weighted by atomic mass is 10.2. The first-order valence-corrected chi connectivity index (χ1v) is 6.96. The average Bonchev–Trinajstić information content (AvgIpc) is 2.89. The largest absolute Gasteiger partial charge is 0.462 e. The second-order valence-electron chi connectivity index (χ2n) is 4.55. The quantitative estimate of drug-likeness (QED) is 0.876. The van der Waals surface area contributed by atoms with Gasteiger partial charge in [-0.15, -0.1) is 9.91 Å². The van der Waals surface area contributed by atoms with Crippen molar-refractivity contribution in [3.8, 4) is 0 Å². The van der Waals surface area contributed by atoms with Crippen LogP contribution in [0.5, 0.6) is 0 Å². The molecule has 1 aliphatic heterocycles. The number of fused-ring (bicyclic) bond motifs is 1. The third-order valence-electron chi connectivity index (χ3n) is 3.12. The van der Waals surface area contributed by atoms with Gasteiger partial charge in [0.2, 0.25) is 0 Å². The van der Waals surface area contributed by atoms with Crippen LogP contribution in [-0.2, 0) is 11.3 Å². The van der Waals surface area contributed by atoms with Crippen LogP contribution in [0.4, 0.5) is 11.5 Å². The number of nitrogens with two attached hydrogens (primary N) is 1. The first kappa shape index (κ1) is 14.3. The highest BCUT2D eigenvalue weighted by molar-refractivity contribution is 6.30. The number of nitrogens with zero attached hydrogens (tertiary/aromatic N) is 5. The number of hydrogen-bond acceptors (Lipinski definition) is 7. The minimum atomic E-state index is -0.521. The molecule has 0 fully saturated rings. The zero-order chi connectivity index (χ0) is 15.7. The van der Waals surface area contributed by atoms with Crippen molar-refractivity contribution >= 4 is 29.1 Å². The molecular formula is C13H13ClN6O2. The predicted octanol–water partition coefficient (Wildman–Crippen LogP) is 2.45. The maximum Gasteiger partial charge on any atom is 0.343 e. The molecule has 114 valence electrons. The van der Waals surface area contributed by atoms with E-state index in [9.17, 15) is 4.79 Å². The van der Waals surface area contributed by atoms with E-state index in [-0.39, 0.29) is 18.0 Å². The molecule has 0 saturated heterocycles. The second-order valence-corrected chi connectivity index (χ2v) is 4.98. The van der Waals surface area contributed by atoms with Crippen LogP contribution in [0.15, 0.2) is 34.7 Å². The summed E-state index contributed by atoms with van der Waals surface area (Å²) in [5.74, 6) is -0.373. The molecule has 3 rings (SSSR count). The molecule has 0 amide bonds. The lowest BCUT2D eigenvalue weighted by Gasteiger charge is -2.22. The van der Waals surface area contributed by atoms with Gasteiger partial charge < -0.3 is 10.5 Å². The number of nitrogen functional groups attached to an aromatic ring is 1. The normalized spacial score (nSPS) is 13.1. The van der Waals surface area contributed by atoms with E-state index in [2.05, 4.69) is 15.4 Å². The number of rotatable bonds is 3. The highest BCUT2D eigenvalue weighted by Gasteiger charge is 2.22. The molecule has 0 aliphatic carbocycles. The zero-order valence-electron chi connectivity index (χ0n) is 11.7. The smallest absolute Gasteiger partial charge is 0.343 e. The summed E-state index contributed by atoms with van der Waals surface area (Å²) in [5.41, 5.74) is 7.76. The Morgan fingerprint density at radius 3 is 3.09 bits per heavy atom. The maximum atomic E-state index is 11.8. The van der Waals surface area contributed by atoms with Crippen molar-refractivity contribution in [3.63, 3.8) is 0 Å². The summed E-state index contributed by atoms with van der Waals surface area (Å²) >= 11 is 5.92. The van der Waals surface area contributed by atoms with Gasteiger partial charge in [0.05, 0.1) is 25.0 Å². The highest BCUT2D eigenvalue weighted by Crippen LogP contribution is 2.29. The standard InChI is InChI=1S/C13H13ClN6O2/c1-2-22-13(21)10-6-16-20(12(10)15)19-7-8-3-4-9(14)5-11(8)17-18-19/h3-6H,2,7,15H2,1H3. The average molecular weight is 321 g/mol. The fourth-order valence-electron chi connectivity index (χ4n) is 2.05. The lowest BCUT2D eigenvalue weighted by molar-refractivity contribution is 0.0527. The summed E-state index contributed by atoms with van der Waals surface area (Å²) in [4.78, 5) is 13.1. The molecule has 0 saturated carbocycles. The van der Waals surface area contributed by atoms with E-state index in [1.54, 1.807) is 19.1 Å².